The molecule has 1 aliphatic heterocycles. The molecular weight excluding hydrogens is 443 g/mol. The average Bonchev–Trinajstić information content (AvgIpc) is 3.37. The number of rotatable bonds is 4. The molecule has 1 N–H and O–H groups in total. The Morgan fingerprint density at radius 3 is 2.48 bits per heavy atom. The van der Waals surface area contributed by atoms with Crippen LogP contribution in [-0.4, -0.2) is 28.9 Å². The van der Waals surface area contributed by atoms with Gasteiger partial charge in [0.2, 0.25) is 0 Å². The normalized spacial score (nSPS) is 17.6. The van der Waals surface area contributed by atoms with Crippen LogP contribution >= 0.6 is 11.3 Å². The minimum atomic E-state index is -0.965. The number of nitrogens with zero attached hydrogens (tertiary/aromatic N) is 2. The van der Waals surface area contributed by atoms with E-state index in [1.807, 2.05) is 0 Å². The van der Waals surface area contributed by atoms with E-state index < -0.39 is 23.5 Å². The molecule has 6 nitrogen and oxygen atoms in total. The summed E-state index contributed by atoms with van der Waals surface area (Å²) in [5.41, 5.74) is 1.44. The van der Waals surface area contributed by atoms with Gasteiger partial charge in [-0.05, 0) is 35.9 Å². The molecule has 0 aliphatic carbocycles. The smallest absolute Gasteiger partial charge is 0.301 e. The average molecular weight is 460 g/mol. The van der Waals surface area contributed by atoms with Crippen molar-refractivity contribution in [3.8, 4) is 5.75 Å². The monoisotopic (exact) mass is 460 g/mol. The number of aliphatic hydroxyl groups is 1. The number of carbonyl (C=O) groups excluding carboxylic acids is 2. The minimum absolute atomic E-state index is 0.0744. The topological polar surface area (TPSA) is 79.7 Å². The summed E-state index contributed by atoms with van der Waals surface area (Å²) in [6.45, 7) is 0. The molecule has 1 aromatic heterocycles. The lowest BCUT2D eigenvalue weighted by Gasteiger charge is -2.22. The number of benzene rings is 3. The van der Waals surface area contributed by atoms with Gasteiger partial charge in [0.15, 0.2) is 5.13 Å². The number of hydrogen-bond donors (Lipinski definition) is 1. The lowest BCUT2D eigenvalue weighted by atomic mass is 9.95. The van der Waals surface area contributed by atoms with Crippen molar-refractivity contribution in [3.05, 3.63) is 95.3 Å². The van der Waals surface area contributed by atoms with E-state index in [1.54, 1.807) is 55.6 Å². The zero-order chi connectivity index (χ0) is 23.1. The van der Waals surface area contributed by atoms with Crippen LogP contribution in [0.5, 0.6) is 5.75 Å². The molecular formula is C25H17FN2O4S. The second kappa shape index (κ2) is 8.14. The van der Waals surface area contributed by atoms with Crippen LogP contribution in [0.1, 0.15) is 17.2 Å². The Labute approximate surface area is 192 Å². The van der Waals surface area contributed by atoms with E-state index in [9.17, 15) is 19.1 Å². The predicted octanol–water partition coefficient (Wildman–Crippen LogP) is 5.07. The van der Waals surface area contributed by atoms with Gasteiger partial charge in [-0.2, -0.15) is 0 Å². The van der Waals surface area contributed by atoms with Crippen LogP contribution in [0.4, 0.5) is 9.52 Å². The van der Waals surface area contributed by atoms with Crippen LogP contribution in [0.3, 0.4) is 0 Å². The Hall–Kier alpha value is -4.04. The maximum absolute atomic E-state index is 13.6. The summed E-state index contributed by atoms with van der Waals surface area (Å²) < 4.78 is 19.7. The number of halogens is 1. The highest BCUT2D eigenvalue weighted by Crippen LogP contribution is 2.44. The van der Waals surface area contributed by atoms with E-state index >= 15 is 0 Å². The number of Topliss-reactive ketones (excluding diaryl/α,β-unsaturated/α-hetero) is 1. The first-order valence-corrected chi connectivity index (χ1v) is 10.9. The summed E-state index contributed by atoms with van der Waals surface area (Å²) in [6.07, 6.45) is 0. The molecule has 1 saturated heterocycles. The van der Waals surface area contributed by atoms with Crippen LogP contribution in [0, 0.1) is 5.82 Å². The van der Waals surface area contributed by atoms with Gasteiger partial charge < -0.3 is 9.84 Å². The number of aromatic nitrogens is 1. The highest BCUT2D eigenvalue weighted by atomic mass is 32.1. The fourth-order valence-corrected chi connectivity index (χ4v) is 4.89. The molecule has 1 fully saturated rings. The molecule has 4 aromatic rings. The summed E-state index contributed by atoms with van der Waals surface area (Å²) in [6, 6.07) is 18.4. The second-order valence-corrected chi connectivity index (χ2v) is 8.43. The molecule has 3 aromatic carbocycles. The summed E-state index contributed by atoms with van der Waals surface area (Å²) in [5, 5.41) is 11.3. The molecule has 164 valence electrons. The molecule has 5 rings (SSSR count). The maximum atomic E-state index is 13.6. The first-order valence-electron chi connectivity index (χ1n) is 10.0. The third-order valence-electron chi connectivity index (χ3n) is 5.47. The number of ether oxygens (including phenoxy) is 1. The van der Waals surface area contributed by atoms with Crippen molar-refractivity contribution >= 4 is 44.1 Å². The van der Waals surface area contributed by atoms with E-state index in [1.165, 1.54) is 40.5 Å². The van der Waals surface area contributed by atoms with Crippen LogP contribution in [-0.2, 0) is 9.59 Å². The van der Waals surface area contributed by atoms with Gasteiger partial charge in [0.1, 0.15) is 17.3 Å². The fourth-order valence-electron chi connectivity index (χ4n) is 3.86. The largest absolute Gasteiger partial charge is 0.507 e. The highest BCUT2D eigenvalue weighted by molar-refractivity contribution is 7.22. The number of anilines is 1. The maximum Gasteiger partial charge on any atom is 0.301 e. The van der Waals surface area contributed by atoms with Crippen LogP contribution in [0.15, 0.2) is 78.4 Å². The SMILES string of the molecule is COc1ccc2nc(N3C(=O)C(=O)/C(=C(/O)c4ccccc4)[C@H]3c3ccc(F)cc3)sc2c1. The lowest BCUT2D eigenvalue weighted by Crippen LogP contribution is -2.29. The molecule has 0 spiro atoms. The third kappa shape index (κ3) is 3.54. The second-order valence-electron chi connectivity index (χ2n) is 7.42. The Morgan fingerprint density at radius 2 is 1.79 bits per heavy atom. The van der Waals surface area contributed by atoms with E-state index in [-0.39, 0.29) is 11.3 Å². The van der Waals surface area contributed by atoms with Gasteiger partial charge >= 0.3 is 5.91 Å². The van der Waals surface area contributed by atoms with Crippen LogP contribution < -0.4 is 9.64 Å². The van der Waals surface area contributed by atoms with Crippen molar-refractivity contribution in [2.45, 2.75) is 6.04 Å². The summed E-state index contributed by atoms with van der Waals surface area (Å²) in [4.78, 5) is 32.2. The summed E-state index contributed by atoms with van der Waals surface area (Å²) in [7, 11) is 1.56. The van der Waals surface area contributed by atoms with Crippen LogP contribution in [0.25, 0.3) is 16.0 Å². The van der Waals surface area contributed by atoms with Gasteiger partial charge in [0, 0.05) is 5.56 Å². The third-order valence-corrected chi connectivity index (χ3v) is 6.49. The van der Waals surface area contributed by atoms with Gasteiger partial charge in [0.05, 0.1) is 28.9 Å². The molecule has 1 amide bonds. The zero-order valence-electron chi connectivity index (χ0n) is 17.4. The van der Waals surface area contributed by atoms with Crippen molar-refractivity contribution in [2.75, 3.05) is 12.0 Å². The molecule has 8 heteroatoms. The molecule has 2 heterocycles. The highest BCUT2D eigenvalue weighted by Gasteiger charge is 2.48. The van der Waals surface area contributed by atoms with Gasteiger partial charge in [-0.1, -0.05) is 53.8 Å². The summed E-state index contributed by atoms with van der Waals surface area (Å²) >= 11 is 1.22. The van der Waals surface area contributed by atoms with Crippen molar-refractivity contribution in [1.29, 1.82) is 0 Å². The number of hydrogen-bond acceptors (Lipinski definition) is 6. The molecule has 0 bridgehead atoms. The van der Waals surface area contributed by atoms with Gasteiger partial charge in [0.25, 0.3) is 5.78 Å². The van der Waals surface area contributed by atoms with Crippen molar-refractivity contribution in [2.24, 2.45) is 0 Å². The van der Waals surface area contributed by atoms with E-state index in [2.05, 4.69) is 4.98 Å². The number of amides is 1. The minimum Gasteiger partial charge on any atom is -0.507 e. The Balaban J connectivity index is 1.72. The molecule has 33 heavy (non-hydrogen) atoms. The van der Waals surface area contributed by atoms with Crippen molar-refractivity contribution in [1.82, 2.24) is 4.98 Å². The van der Waals surface area contributed by atoms with Crippen LogP contribution in [0.2, 0.25) is 0 Å². The van der Waals surface area contributed by atoms with Gasteiger partial charge in [-0.15, -0.1) is 0 Å². The fraction of sp³-hybridized carbons (Fsp3) is 0.0800. The van der Waals surface area contributed by atoms with Crippen molar-refractivity contribution in [3.63, 3.8) is 0 Å². The number of fused-ring (bicyclic) bond motifs is 1. The van der Waals surface area contributed by atoms with Gasteiger partial charge in [-0.3, -0.25) is 14.5 Å². The first-order chi connectivity index (χ1) is 16.0. The van der Waals surface area contributed by atoms with Crippen molar-refractivity contribution < 1.29 is 23.8 Å². The Kier molecular flexibility index (Phi) is 5.14. The quantitative estimate of drug-likeness (QED) is 0.261. The number of carbonyl (C=O) groups is 2. The Morgan fingerprint density at radius 1 is 1.06 bits per heavy atom. The standard InChI is InChI=1S/C25H17FN2O4S/c1-32-17-11-12-18-19(13-17)33-25(27-18)28-21(14-7-9-16(26)10-8-14)20(23(30)24(28)31)22(29)15-5-3-2-4-6-15/h2-13,21,29H,1H3/b22-20+/t21-/m1/s1. The number of thiazole rings is 1. The van der Waals surface area contributed by atoms with E-state index in [0.29, 0.717) is 27.5 Å². The zero-order valence-corrected chi connectivity index (χ0v) is 18.2. The number of methoxy groups -OCH3 is 1. The predicted molar refractivity (Wildman–Crippen MR) is 124 cm³/mol. The van der Waals surface area contributed by atoms with Gasteiger partial charge in [-0.25, -0.2) is 9.37 Å². The molecule has 0 unspecified atom stereocenters. The molecule has 0 saturated carbocycles. The molecule has 1 aliphatic rings. The number of ketones is 1. The first kappa shape index (κ1) is 20.8. The molecule has 0 radical (unpaired) electrons. The number of aliphatic hydroxyl groups excluding tert-OH is 1. The Bertz CT molecular complexity index is 1410. The van der Waals surface area contributed by atoms with E-state index in [4.69, 9.17) is 4.74 Å². The molecule has 1 atom stereocenters. The lowest BCUT2D eigenvalue weighted by molar-refractivity contribution is -0.132. The van der Waals surface area contributed by atoms with E-state index in [0.717, 1.165) is 4.70 Å². The summed E-state index contributed by atoms with van der Waals surface area (Å²) in [5.74, 6) is -1.76.